The van der Waals surface area contributed by atoms with Gasteiger partial charge in [0.1, 0.15) is 6.04 Å². The predicted molar refractivity (Wildman–Crippen MR) is 114 cm³/mol. The lowest BCUT2D eigenvalue weighted by Gasteiger charge is -2.36. The fourth-order valence-electron chi connectivity index (χ4n) is 3.28. The van der Waals surface area contributed by atoms with Crippen molar-refractivity contribution in [2.75, 3.05) is 26.2 Å². The first-order chi connectivity index (χ1) is 14.5. The van der Waals surface area contributed by atoms with Gasteiger partial charge in [0.15, 0.2) is 0 Å². The summed E-state index contributed by atoms with van der Waals surface area (Å²) in [5.41, 5.74) is 1.65. The van der Waals surface area contributed by atoms with E-state index in [4.69, 9.17) is 0 Å². The molecule has 30 heavy (non-hydrogen) atoms. The lowest BCUT2D eigenvalue weighted by Crippen LogP contribution is -2.55. The Labute approximate surface area is 176 Å². The molecule has 1 fully saturated rings. The van der Waals surface area contributed by atoms with E-state index in [1.54, 1.807) is 29.0 Å². The van der Waals surface area contributed by atoms with Crippen LogP contribution in [0.1, 0.15) is 18.2 Å². The first kappa shape index (κ1) is 21.2. The maximum atomic E-state index is 12.6. The van der Waals surface area contributed by atoms with Gasteiger partial charge in [-0.2, -0.15) is 0 Å². The van der Waals surface area contributed by atoms with Gasteiger partial charge < -0.3 is 15.1 Å². The van der Waals surface area contributed by atoms with E-state index < -0.39 is 6.04 Å². The first-order valence-electron chi connectivity index (χ1n) is 10.0. The number of amides is 3. The maximum Gasteiger partial charge on any atom is 0.244 e. The van der Waals surface area contributed by atoms with Crippen molar-refractivity contribution in [3.63, 3.8) is 0 Å². The number of rotatable bonds is 6. The molecule has 0 saturated carbocycles. The lowest BCUT2D eigenvalue weighted by molar-refractivity contribution is -0.141. The Balaban J connectivity index is 1.44. The van der Waals surface area contributed by atoms with Crippen LogP contribution in [-0.2, 0) is 20.8 Å². The smallest absolute Gasteiger partial charge is 0.244 e. The van der Waals surface area contributed by atoms with Gasteiger partial charge in [-0.1, -0.05) is 36.4 Å². The molecule has 1 saturated heterocycles. The van der Waals surface area contributed by atoms with Crippen molar-refractivity contribution in [2.45, 2.75) is 19.4 Å². The molecule has 3 amide bonds. The van der Waals surface area contributed by atoms with E-state index in [-0.39, 0.29) is 24.1 Å². The number of hydrogen-bond donors (Lipinski definition) is 1. The summed E-state index contributed by atoms with van der Waals surface area (Å²) >= 11 is 0. The summed E-state index contributed by atoms with van der Waals surface area (Å²) in [6.07, 6.45) is 5.06. The number of piperazine rings is 1. The van der Waals surface area contributed by atoms with E-state index in [9.17, 15) is 14.4 Å². The standard InChI is InChI=1S/C23H26N4O3/c1-18(25-21(28)11-10-19-7-3-2-4-8-19)23(30)27-15-13-26(14-16-27)22(29)17-20-9-5-6-12-24-20/h2-12,18H,13-17H2,1H3,(H,25,28)/b11-10+. The average molecular weight is 406 g/mol. The van der Waals surface area contributed by atoms with Crippen LogP contribution in [-0.4, -0.2) is 64.7 Å². The molecule has 0 bridgehead atoms. The molecule has 156 valence electrons. The van der Waals surface area contributed by atoms with Crippen LogP contribution in [0.25, 0.3) is 6.08 Å². The third kappa shape index (κ3) is 6.01. The lowest BCUT2D eigenvalue weighted by atomic mass is 10.2. The van der Waals surface area contributed by atoms with Gasteiger partial charge in [-0.3, -0.25) is 19.4 Å². The van der Waals surface area contributed by atoms with Crippen LogP contribution in [0, 0.1) is 0 Å². The highest BCUT2D eigenvalue weighted by Crippen LogP contribution is 2.07. The molecule has 3 rings (SSSR count). The van der Waals surface area contributed by atoms with Crippen molar-refractivity contribution in [2.24, 2.45) is 0 Å². The minimum Gasteiger partial charge on any atom is -0.341 e. The zero-order chi connectivity index (χ0) is 21.3. The molecule has 0 aliphatic carbocycles. The van der Waals surface area contributed by atoms with Gasteiger partial charge in [-0.15, -0.1) is 0 Å². The SMILES string of the molecule is CC(NC(=O)/C=C/c1ccccc1)C(=O)N1CCN(C(=O)Cc2ccccn2)CC1. The molecule has 0 radical (unpaired) electrons. The van der Waals surface area contributed by atoms with E-state index in [0.717, 1.165) is 11.3 Å². The summed E-state index contributed by atoms with van der Waals surface area (Å²) in [5, 5.41) is 2.71. The highest BCUT2D eigenvalue weighted by molar-refractivity contribution is 5.95. The highest BCUT2D eigenvalue weighted by Gasteiger charge is 2.27. The topological polar surface area (TPSA) is 82.6 Å². The van der Waals surface area contributed by atoms with Gasteiger partial charge in [-0.25, -0.2) is 0 Å². The number of pyridine rings is 1. The second-order valence-electron chi connectivity index (χ2n) is 7.18. The Morgan fingerprint density at radius 2 is 1.67 bits per heavy atom. The fraction of sp³-hybridized carbons (Fsp3) is 0.304. The van der Waals surface area contributed by atoms with Crippen molar-refractivity contribution in [3.05, 3.63) is 72.1 Å². The molecule has 7 nitrogen and oxygen atoms in total. The molecule has 1 aromatic heterocycles. The molecule has 1 atom stereocenters. The number of nitrogens with zero attached hydrogens (tertiary/aromatic N) is 3. The third-order valence-electron chi connectivity index (χ3n) is 4.96. The minimum atomic E-state index is -0.631. The van der Waals surface area contributed by atoms with Crippen LogP contribution in [0.4, 0.5) is 0 Å². The fourth-order valence-corrected chi connectivity index (χ4v) is 3.28. The van der Waals surface area contributed by atoms with Crippen LogP contribution < -0.4 is 5.32 Å². The van der Waals surface area contributed by atoms with E-state index in [1.165, 1.54) is 6.08 Å². The molecule has 1 aromatic carbocycles. The number of benzene rings is 1. The molecular weight excluding hydrogens is 380 g/mol. The summed E-state index contributed by atoms with van der Waals surface area (Å²) < 4.78 is 0. The number of carbonyl (C=O) groups excluding carboxylic acids is 3. The molecule has 1 unspecified atom stereocenters. The zero-order valence-electron chi connectivity index (χ0n) is 17.0. The van der Waals surface area contributed by atoms with Gasteiger partial charge in [0.25, 0.3) is 0 Å². The van der Waals surface area contributed by atoms with Crippen molar-refractivity contribution < 1.29 is 14.4 Å². The molecular formula is C23H26N4O3. The van der Waals surface area contributed by atoms with Crippen LogP contribution in [0.5, 0.6) is 0 Å². The normalized spacial score (nSPS) is 15.1. The van der Waals surface area contributed by atoms with E-state index in [2.05, 4.69) is 10.3 Å². The summed E-state index contributed by atoms with van der Waals surface area (Å²) in [5.74, 6) is -0.453. The molecule has 0 spiro atoms. The highest BCUT2D eigenvalue weighted by atomic mass is 16.2. The van der Waals surface area contributed by atoms with Crippen molar-refractivity contribution in [1.82, 2.24) is 20.1 Å². The zero-order valence-corrected chi connectivity index (χ0v) is 17.0. The van der Waals surface area contributed by atoms with Gasteiger partial charge in [-0.05, 0) is 30.7 Å². The van der Waals surface area contributed by atoms with Gasteiger partial charge in [0.2, 0.25) is 17.7 Å². The Morgan fingerprint density at radius 3 is 2.33 bits per heavy atom. The van der Waals surface area contributed by atoms with Crippen molar-refractivity contribution >= 4 is 23.8 Å². The van der Waals surface area contributed by atoms with Gasteiger partial charge in [0.05, 0.1) is 6.42 Å². The van der Waals surface area contributed by atoms with Crippen molar-refractivity contribution in [3.8, 4) is 0 Å². The number of carbonyl (C=O) groups is 3. The average Bonchev–Trinajstić information content (AvgIpc) is 2.78. The van der Waals surface area contributed by atoms with Crippen molar-refractivity contribution in [1.29, 1.82) is 0 Å². The summed E-state index contributed by atoms with van der Waals surface area (Å²) in [7, 11) is 0. The van der Waals surface area contributed by atoms with Gasteiger partial charge >= 0.3 is 0 Å². The third-order valence-corrected chi connectivity index (χ3v) is 4.96. The second kappa shape index (κ2) is 10.3. The van der Waals surface area contributed by atoms with E-state index in [0.29, 0.717) is 26.2 Å². The maximum absolute atomic E-state index is 12.6. The largest absolute Gasteiger partial charge is 0.341 e. The van der Waals surface area contributed by atoms with Crippen LogP contribution >= 0.6 is 0 Å². The first-order valence-corrected chi connectivity index (χ1v) is 10.0. The van der Waals surface area contributed by atoms with E-state index in [1.807, 2.05) is 48.5 Å². The van der Waals surface area contributed by atoms with Crippen LogP contribution in [0.2, 0.25) is 0 Å². The summed E-state index contributed by atoms with van der Waals surface area (Å²) in [6, 6.07) is 14.4. The van der Waals surface area contributed by atoms with Crippen LogP contribution in [0.15, 0.2) is 60.8 Å². The molecule has 1 N–H and O–H groups in total. The van der Waals surface area contributed by atoms with Crippen LogP contribution in [0.3, 0.4) is 0 Å². The summed E-state index contributed by atoms with van der Waals surface area (Å²) in [4.78, 5) is 44.8. The Kier molecular flexibility index (Phi) is 7.32. The molecule has 1 aliphatic rings. The Hall–Kier alpha value is -3.48. The number of hydrogen-bond acceptors (Lipinski definition) is 4. The monoisotopic (exact) mass is 406 g/mol. The number of aromatic nitrogens is 1. The second-order valence-corrected chi connectivity index (χ2v) is 7.18. The Morgan fingerprint density at radius 1 is 1.00 bits per heavy atom. The van der Waals surface area contributed by atoms with Gasteiger partial charge in [0, 0.05) is 44.1 Å². The molecule has 2 heterocycles. The summed E-state index contributed by atoms with van der Waals surface area (Å²) in [6.45, 7) is 3.53. The quantitative estimate of drug-likeness (QED) is 0.738. The molecule has 1 aliphatic heterocycles. The molecule has 2 aromatic rings. The van der Waals surface area contributed by atoms with E-state index >= 15 is 0 Å². The predicted octanol–water partition coefficient (Wildman–Crippen LogP) is 1.51. The number of nitrogens with one attached hydrogen (secondary N) is 1. The minimum absolute atomic E-state index is 0.00759. The molecule has 7 heteroatoms. The Bertz CT molecular complexity index is 891.